The van der Waals surface area contributed by atoms with Crippen molar-refractivity contribution in [3.05, 3.63) is 28.2 Å². The number of nitriles is 1. The number of anilines is 1. The van der Waals surface area contributed by atoms with Gasteiger partial charge in [-0.25, -0.2) is 0 Å². The average molecular weight is 311 g/mol. The quantitative estimate of drug-likeness (QED) is 0.874. The standard InChI is InChI=1S/C14H19BrN2O/c1-10(2)7-14(3,18)9-17-13-5-11(8-16)4-12(15)6-13/h4-6,10,17-18H,7,9H2,1-3H3. The summed E-state index contributed by atoms with van der Waals surface area (Å²) in [7, 11) is 0. The van der Waals surface area contributed by atoms with Crippen LogP contribution >= 0.6 is 15.9 Å². The van der Waals surface area contributed by atoms with E-state index in [9.17, 15) is 5.11 Å². The summed E-state index contributed by atoms with van der Waals surface area (Å²) in [4.78, 5) is 0. The fraction of sp³-hybridized carbons (Fsp3) is 0.500. The van der Waals surface area contributed by atoms with Crippen LogP contribution in [0.15, 0.2) is 22.7 Å². The van der Waals surface area contributed by atoms with E-state index in [0.29, 0.717) is 18.0 Å². The molecular formula is C14H19BrN2O. The second-order valence-electron chi connectivity index (χ2n) is 5.29. The third kappa shape index (κ3) is 5.07. The van der Waals surface area contributed by atoms with Crippen molar-refractivity contribution in [2.45, 2.75) is 32.8 Å². The van der Waals surface area contributed by atoms with Crippen molar-refractivity contribution in [2.24, 2.45) is 5.92 Å². The highest BCUT2D eigenvalue weighted by molar-refractivity contribution is 9.10. The first kappa shape index (κ1) is 15.0. The molecule has 0 fully saturated rings. The Morgan fingerprint density at radius 3 is 2.67 bits per heavy atom. The molecule has 1 rings (SSSR count). The van der Waals surface area contributed by atoms with Gasteiger partial charge in [0.25, 0.3) is 0 Å². The highest BCUT2D eigenvalue weighted by Crippen LogP contribution is 2.21. The molecule has 1 aromatic rings. The molecule has 0 aliphatic rings. The van der Waals surface area contributed by atoms with Gasteiger partial charge in [0.15, 0.2) is 0 Å². The molecular weight excluding hydrogens is 292 g/mol. The first-order chi connectivity index (χ1) is 8.32. The molecule has 0 radical (unpaired) electrons. The number of hydrogen-bond acceptors (Lipinski definition) is 3. The molecule has 1 unspecified atom stereocenters. The van der Waals surface area contributed by atoms with Crippen molar-refractivity contribution in [1.29, 1.82) is 5.26 Å². The molecule has 0 amide bonds. The molecule has 1 aromatic carbocycles. The lowest BCUT2D eigenvalue weighted by Gasteiger charge is -2.26. The summed E-state index contributed by atoms with van der Waals surface area (Å²) in [5.74, 6) is 0.443. The van der Waals surface area contributed by atoms with Crippen LogP contribution in [0.5, 0.6) is 0 Å². The van der Waals surface area contributed by atoms with E-state index in [4.69, 9.17) is 5.26 Å². The van der Waals surface area contributed by atoms with E-state index in [2.05, 4.69) is 41.2 Å². The van der Waals surface area contributed by atoms with Gasteiger partial charge in [0.1, 0.15) is 0 Å². The van der Waals surface area contributed by atoms with Gasteiger partial charge in [-0.1, -0.05) is 29.8 Å². The summed E-state index contributed by atoms with van der Waals surface area (Å²) in [6.45, 7) is 6.46. The second kappa shape index (κ2) is 6.21. The lowest BCUT2D eigenvalue weighted by molar-refractivity contribution is 0.0515. The summed E-state index contributed by atoms with van der Waals surface area (Å²) in [6.07, 6.45) is 0.735. The molecule has 0 aliphatic carbocycles. The van der Waals surface area contributed by atoms with Crippen molar-refractivity contribution in [1.82, 2.24) is 0 Å². The van der Waals surface area contributed by atoms with E-state index >= 15 is 0 Å². The zero-order valence-corrected chi connectivity index (χ0v) is 12.6. The van der Waals surface area contributed by atoms with Crippen molar-refractivity contribution in [3.63, 3.8) is 0 Å². The Hall–Kier alpha value is -1.05. The van der Waals surface area contributed by atoms with Gasteiger partial charge in [-0.2, -0.15) is 5.26 Å². The molecule has 2 N–H and O–H groups in total. The zero-order chi connectivity index (χ0) is 13.8. The van der Waals surface area contributed by atoms with E-state index in [1.54, 1.807) is 12.1 Å². The van der Waals surface area contributed by atoms with Gasteiger partial charge in [0.05, 0.1) is 17.2 Å². The van der Waals surface area contributed by atoms with E-state index in [0.717, 1.165) is 16.6 Å². The monoisotopic (exact) mass is 310 g/mol. The Labute approximate surface area is 117 Å². The van der Waals surface area contributed by atoms with E-state index in [1.807, 2.05) is 13.0 Å². The van der Waals surface area contributed by atoms with Gasteiger partial charge in [-0.05, 0) is 37.5 Å². The highest BCUT2D eigenvalue weighted by Gasteiger charge is 2.21. The van der Waals surface area contributed by atoms with E-state index in [-0.39, 0.29) is 0 Å². The topological polar surface area (TPSA) is 56.0 Å². The molecule has 0 saturated heterocycles. The summed E-state index contributed by atoms with van der Waals surface area (Å²) in [6, 6.07) is 7.54. The van der Waals surface area contributed by atoms with Crippen molar-refractivity contribution >= 4 is 21.6 Å². The van der Waals surface area contributed by atoms with Crippen LogP contribution in [-0.4, -0.2) is 17.3 Å². The molecule has 0 saturated carbocycles. The molecule has 0 bridgehead atoms. The summed E-state index contributed by atoms with van der Waals surface area (Å²) in [5, 5.41) is 22.3. The van der Waals surface area contributed by atoms with Gasteiger partial charge in [0, 0.05) is 16.7 Å². The molecule has 0 heterocycles. The number of aliphatic hydroxyl groups is 1. The smallest absolute Gasteiger partial charge is 0.0992 e. The van der Waals surface area contributed by atoms with E-state index < -0.39 is 5.60 Å². The number of rotatable bonds is 5. The maximum Gasteiger partial charge on any atom is 0.0992 e. The van der Waals surface area contributed by atoms with Gasteiger partial charge in [-0.3, -0.25) is 0 Å². The van der Waals surface area contributed by atoms with Crippen LogP contribution < -0.4 is 5.32 Å². The Balaban J connectivity index is 2.69. The normalized spacial score (nSPS) is 14.1. The van der Waals surface area contributed by atoms with Crippen LogP contribution in [0.3, 0.4) is 0 Å². The van der Waals surface area contributed by atoms with Crippen LogP contribution in [0, 0.1) is 17.2 Å². The van der Waals surface area contributed by atoms with Gasteiger partial charge >= 0.3 is 0 Å². The highest BCUT2D eigenvalue weighted by atomic mass is 79.9. The number of hydrogen-bond donors (Lipinski definition) is 2. The molecule has 4 heteroatoms. The van der Waals surface area contributed by atoms with Crippen LogP contribution in [0.1, 0.15) is 32.8 Å². The first-order valence-electron chi connectivity index (χ1n) is 5.99. The maximum atomic E-state index is 10.2. The fourth-order valence-electron chi connectivity index (χ4n) is 2.00. The first-order valence-corrected chi connectivity index (χ1v) is 6.78. The lowest BCUT2D eigenvalue weighted by Crippen LogP contribution is -2.34. The average Bonchev–Trinajstić information content (AvgIpc) is 2.24. The fourth-order valence-corrected chi connectivity index (χ4v) is 2.49. The Morgan fingerprint density at radius 1 is 1.44 bits per heavy atom. The molecule has 18 heavy (non-hydrogen) atoms. The SMILES string of the molecule is CC(C)CC(C)(O)CNc1cc(Br)cc(C#N)c1. The largest absolute Gasteiger partial charge is 0.388 e. The third-order valence-electron chi connectivity index (χ3n) is 2.55. The molecule has 0 aliphatic heterocycles. The van der Waals surface area contributed by atoms with Crippen molar-refractivity contribution in [2.75, 3.05) is 11.9 Å². The minimum absolute atomic E-state index is 0.443. The van der Waals surface area contributed by atoms with Crippen LogP contribution in [0.2, 0.25) is 0 Å². The van der Waals surface area contributed by atoms with E-state index in [1.165, 1.54) is 0 Å². The molecule has 1 atom stereocenters. The Kier molecular flexibility index (Phi) is 5.18. The minimum Gasteiger partial charge on any atom is -0.388 e. The number of benzene rings is 1. The molecule has 0 aromatic heterocycles. The van der Waals surface area contributed by atoms with Crippen LogP contribution in [-0.2, 0) is 0 Å². The van der Waals surface area contributed by atoms with Gasteiger partial charge < -0.3 is 10.4 Å². The Morgan fingerprint density at radius 2 is 2.11 bits per heavy atom. The predicted octanol–water partition coefficient (Wildman–Crippen LogP) is 3.53. The number of halogens is 1. The summed E-state index contributed by atoms with van der Waals surface area (Å²) >= 11 is 3.36. The third-order valence-corrected chi connectivity index (χ3v) is 3.01. The van der Waals surface area contributed by atoms with Gasteiger partial charge in [-0.15, -0.1) is 0 Å². The van der Waals surface area contributed by atoms with Crippen LogP contribution in [0.4, 0.5) is 5.69 Å². The van der Waals surface area contributed by atoms with Gasteiger partial charge in [0.2, 0.25) is 0 Å². The predicted molar refractivity (Wildman–Crippen MR) is 77.4 cm³/mol. The molecule has 98 valence electrons. The summed E-state index contributed by atoms with van der Waals surface area (Å²) < 4.78 is 0.854. The molecule has 3 nitrogen and oxygen atoms in total. The zero-order valence-electron chi connectivity index (χ0n) is 11.0. The second-order valence-corrected chi connectivity index (χ2v) is 6.20. The molecule has 0 spiro atoms. The maximum absolute atomic E-state index is 10.2. The Bertz CT molecular complexity index is 450. The number of nitrogens with zero attached hydrogens (tertiary/aromatic N) is 1. The number of nitrogens with one attached hydrogen (secondary N) is 1. The van der Waals surface area contributed by atoms with Crippen molar-refractivity contribution < 1.29 is 5.11 Å². The van der Waals surface area contributed by atoms with Crippen LogP contribution in [0.25, 0.3) is 0 Å². The van der Waals surface area contributed by atoms with Crippen molar-refractivity contribution in [3.8, 4) is 6.07 Å². The minimum atomic E-state index is -0.747. The lowest BCUT2D eigenvalue weighted by atomic mass is 9.94. The summed E-state index contributed by atoms with van der Waals surface area (Å²) in [5.41, 5.74) is 0.684.